The minimum atomic E-state index is -0.528. The number of carbonyl (C=O) groups excluding carboxylic acids is 1. The summed E-state index contributed by atoms with van der Waals surface area (Å²) in [6, 6.07) is 20.6. The SMILES string of the molecule is CNC(=O)c1c(-c2ccc(F)cc2)oc2cc(N(C)SC)c(-c3ccc4c(n3)-c3cc5c(F)cccc5n3C(C)(C)N4)cc12. The van der Waals surface area contributed by atoms with Gasteiger partial charge in [0.2, 0.25) is 0 Å². The zero-order chi connectivity index (χ0) is 30.9. The molecular weight excluding hydrogens is 580 g/mol. The molecule has 10 heteroatoms. The number of carbonyl (C=O) groups is 1. The van der Waals surface area contributed by atoms with Crippen LogP contribution in [0, 0.1) is 11.6 Å². The third-order valence-corrected chi connectivity index (χ3v) is 8.93. The lowest BCUT2D eigenvalue weighted by Crippen LogP contribution is -2.38. The number of furan rings is 1. The molecule has 0 atom stereocenters. The average Bonchev–Trinajstić information content (AvgIpc) is 3.60. The number of nitrogens with one attached hydrogen (secondary N) is 2. The Balaban J connectivity index is 1.48. The summed E-state index contributed by atoms with van der Waals surface area (Å²) in [6.07, 6.45) is 1.97. The quantitative estimate of drug-likeness (QED) is 0.192. The fourth-order valence-electron chi connectivity index (χ4n) is 6.11. The molecule has 44 heavy (non-hydrogen) atoms. The second-order valence-corrected chi connectivity index (χ2v) is 12.2. The number of benzene rings is 3. The highest BCUT2D eigenvalue weighted by molar-refractivity contribution is 7.99. The van der Waals surface area contributed by atoms with Crippen molar-refractivity contribution in [2.75, 3.05) is 30.0 Å². The van der Waals surface area contributed by atoms with Gasteiger partial charge in [-0.2, -0.15) is 0 Å². The first-order chi connectivity index (χ1) is 21.1. The third kappa shape index (κ3) is 4.23. The van der Waals surface area contributed by atoms with Crippen molar-refractivity contribution in [3.63, 3.8) is 0 Å². The summed E-state index contributed by atoms with van der Waals surface area (Å²) < 4.78 is 39.0. The molecule has 1 amide bonds. The first-order valence-corrected chi connectivity index (χ1v) is 15.3. The van der Waals surface area contributed by atoms with Crippen LogP contribution in [0.4, 0.5) is 20.2 Å². The van der Waals surface area contributed by atoms with E-state index in [9.17, 15) is 13.6 Å². The molecule has 222 valence electrons. The van der Waals surface area contributed by atoms with Crippen LogP contribution in [0.5, 0.6) is 0 Å². The van der Waals surface area contributed by atoms with Gasteiger partial charge in [0.15, 0.2) is 0 Å². The Bertz CT molecular complexity index is 2120. The normalized spacial score (nSPS) is 13.4. The molecule has 0 bridgehead atoms. The summed E-state index contributed by atoms with van der Waals surface area (Å²) in [5, 5.41) is 7.43. The molecule has 7 nitrogen and oxygen atoms in total. The van der Waals surface area contributed by atoms with Gasteiger partial charge in [-0.3, -0.25) is 4.79 Å². The van der Waals surface area contributed by atoms with E-state index in [2.05, 4.69) is 29.0 Å². The van der Waals surface area contributed by atoms with Crippen LogP contribution in [0.15, 0.2) is 77.2 Å². The molecule has 3 aromatic carbocycles. The number of nitrogens with zero attached hydrogens (tertiary/aromatic N) is 3. The van der Waals surface area contributed by atoms with Crippen molar-refractivity contribution in [1.82, 2.24) is 14.9 Å². The summed E-state index contributed by atoms with van der Waals surface area (Å²) in [7, 11) is 3.51. The van der Waals surface area contributed by atoms with E-state index in [1.807, 2.05) is 54.0 Å². The van der Waals surface area contributed by atoms with Crippen molar-refractivity contribution in [2.24, 2.45) is 0 Å². The number of hydrogen-bond donors (Lipinski definition) is 2. The lowest BCUT2D eigenvalue weighted by atomic mass is 10.00. The van der Waals surface area contributed by atoms with Crippen molar-refractivity contribution < 1.29 is 18.0 Å². The fourth-order valence-corrected chi connectivity index (χ4v) is 6.46. The smallest absolute Gasteiger partial charge is 0.255 e. The fraction of sp³-hybridized carbons (Fsp3) is 0.176. The van der Waals surface area contributed by atoms with E-state index >= 15 is 0 Å². The van der Waals surface area contributed by atoms with Crippen molar-refractivity contribution in [1.29, 1.82) is 0 Å². The van der Waals surface area contributed by atoms with Gasteiger partial charge in [0.25, 0.3) is 5.91 Å². The summed E-state index contributed by atoms with van der Waals surface area (Å²) >= 11 is 1.52. The largest absolute Gasteiger partial charge is 0.455 e. The minimum absolute atomic E-state index is 0.286. The summed E-state index contributed by atoms with van der Waals surface area (Å²) in [5.41, 5.74) is 6.33. The van der Waals surface area contributed by atoms with Crippen molar-refractivity contribution in [2.45, 2.75) is 19.5 Å². The van der Waals surface area contributed by atoms with E-state index in [0.717, 1.165) is 28.1 Å². The average molecular weight is 610 g/mol. The van der Waals surface area contributed by atoms with Crippen LogP contribution in [-0.2, 0) is 5.66 Å². The molecular formula is C34H29F2N5O2S. The van der Waals surface area contributed by atoms with Crippen LogP contribution in [-0.4, -0.2) is 35.8 Å². The molecule has 0 saturated carbocycles. The summed E-state index contributed by atoms with van der Waals surface area (Å²) in [6.45, 7) is 4.10. The van der Waals surface area contributed by atoms with Crippen LogP contribution >= 0.6 is 11.9 Å². The van der Waals surface area contributed by atoms with Gasteiger partial charge in [-0.05, 0) is 74.5 Å². The predicted octanol–water partition coefficient (Wildman–Crippen LogP) is 8.25. The third-order valence-electron chi connectivity index (χ3n) is 8.19. The van der Waals surface area contributed by atoms with Gasteiger partial charge in [-0.1, -0.05) is 18.0 Å². The molecule has 1 aliphatic rings. The summed E-state index contributed by atoms with van der Waals surface area (Å²) in [4.78, 5) is 18.4. The highest BCUT2D eigenvalue weighted by Crippen LogP contribution is 2.45. The van der Waals surface area contributed by atoms with E-state index in [1.165, 1.54) is 30.1 Å². The van der Waals surface area contributed by atoms with Gasteiger partial charge in [0, 0.05) is 48.3 Å². The molecule has 3 aromatic heterocycles. The van der Waals surface area contributed by atoms with Crippen molar-refractivity contribution >= 4 is 51.1 Å². The van der Waals surface area contributed by atoms with Gasteiger partial charge < -0.3 is 23.9 Å². The van der Waals surface area contributed by atoms with E-state index < -0.39 is 5.66 Å². The standard InChI is InChI=1S/C34H29F2N5O2S/c1-34(2)39-25-14-13-24(38-31(25)28-16-20-23(36)7-6-8-26(20)41(28)34)21-15-22-29(17-27(21)40(4)44-5)43-32(30(22)33(42)37-3)18-9-11-19(35)12-10-18/h6-17,39H,1-5H3,(H,37,42). The maximum absolute atomic E-state index is 14.9. The molecule has 7 rings (SSSR count). The minimum Gasteiger partial charge on any atom is -0.455 e. The second-order valence-electron chi connectivity index (χ2n) is 11.3. The number of fused-ring (bicyclic) bond motifs is 6. The molecule has 1 aliphatic heterocycles. The van der Waals surface area contributed by atoms with Crippen LogP contribution < -0.4 is 14.9 Å². The zero-order valence-corrected chi connectivity index (χ0v) is 25.6. The number of anilines is 2. The Morgan fingerprint density at radius 1 is 1.05 bits per heavy atom. The van der Waals surface area contributed by atoms with Gasteiger partial charge in [-0.25, -0.2) is 13.8 Å². The first-order valence-electron chi connectivity index (χ1n) is 14.1. The molecule has 4 heterocycles. The Hall–Kier alpha value is -4.83. The van der Waals surface area contributed by atoms with E-state index in [0.29, 0.717) is 44.6 Å². The Labute approximate surface area is 257 Å². The van der Waals surface area contributed by atoms with Crippen LogP contribution in [0.1, 0.15) is 24.2 Å². The second kappa shape index (κ2) is 10.1. The maximum Gasteiger partial charge on any atom is 0.255 e. The molecule has 0 saturated heterocycles. The van der Waals surface area contributed by atoms with E-state index in [1.54, 1.807) is 25.2 Å². The lowest BCUT2D eigenvalue weighted by molar-refractivity contribution is 0.0964. The Kier molecular flexibility index (Phi) is 6.44. The van der Waals surface area contributed by atoms with Crippen molar-refractivity contribution in [3.8, 4) is 34.0 Å². The monoisotopic (exact) mass is 609 g/mol. The number of hydrogen-bond acceptors (Lipinski definition) is 6. The lowest BCUT2D eigenvalue weighted by Gasteiger charge is -2.37. The topological polar surface area (TPSA) is 75.3 Å². The molecule has 0 aliphatic carbocycles. The zero-order valence-electron chi connectivity index (χ0n) is 24.8. The molecule has 0 radical (unpaired) electrons. The molecule has 2 N–H and O–H groups in total. The van der Waals surface area contributed by atoms with E-state index in [4.69, 9.17) is 9.40 Å². The van der Waals surface area contributed by atoms with Gasteiger partial charge >= 0.3 is 0 Å². The Morgan fingerprint density at radius 3 is 2.55 bits per heavy atom. The predicted molar refractivity (Wildman–Crippen MR) is 174 cm³/mol. The first kappa shape index (κ1) is 28.0. The van der Waals surface area contributed by atoms with Gasteiger partial charge in [-0.15, -0.1) is 0 Å². The summed E-state index contributed by atoms with van der Waals surface area (Å²) in [5.74, 6) is -0.636. The number of pyridine rings is 1. The Morgan fingerprint density at radius 2 is 1.82 bits per heavy atom. The molecule has 0 fully saturated rings. The molecule has 6 aromatic rings. The molecule has 0 spiro atoms. The number of rotatable bonds is 5. The van der Waals surface area contributed by atoms with Crippen molar-refractivity contribution in [3.05, 3.63) is 90.0 Å². The highest BCUT2D eigenvalue weighted by atomic mass is 32.2. The van der Waals surface area contributed by atoms with Crippen LogP contribution in [0.25, 0.3) is 55.8 Å². The highest BCUT2D eigenvalue weighted by Gasteiger charge is 2.33. The van der Waals surface area contributed by atoms with Gasteiger partial charge in [0.05, 0.1) is 33.8 Å². The molecule has 0 unspecified atom stereocenters. The van der Waals surface area contributed by atoms with E-state index in [-0.39, 0.29) is 17.5 Å². The van der Waals surface area contributed by atoms with Crippen LogP contribution in [0.3, 0.4) is 0 Å². The maximum atomic E-state index is 14.9. The number of aromatic nitrogens is 2. The van der Waals surface area contributed by atoms with Gasteiger partial charge in [0.1, 0.15) is 34.3 Å². The number of halogens is 2. The van der Waals surface area contributed by atoms with Crippen LogP contribution in [0.2, 0.25) is 0 Å². The number of amides is 1.